The normalized spacial score (nSPS) is 11.6. The maximum Gasteiger partial charge on any atom is 0.146 e. The molecule has 0 aliphatic heterocycles. The van der Waals surface area contributed by atoms with Gasteiger partial charge in [-0.2, -0.15) is 0 Å². The van der Waals surface area contributed by atoms with E-state index in [1.807, 2.05) is 0 Å². The Bertz CT molecular complexity index is 245. The summed E-state index contributed by atoms with van der Waals surface area (Å²) in [6.07, 6.45) is 0.800. The van der Waals surface area contributed by atoms with Gasteiger partial charge in [0.25, 0.3) is 0 Å². The molecular weight excluding hydrogens is 374 g/mol. The van der Waals surface area contributed by atoms with Gasteiger partial charge in [-0.05, 0) is 6.42 Å². The monoisotopic (exact) mass is 413 g/mol. The number of nitrogens with zero attached hydrogens (tertiary/aromatic N) is 1. The zero-order chi connectivity index (χ0) is 20.5. The van der Waals surface area contributed by atoms with E-state index >= 15 is 0 Å². The highest BCUT2D eigenvalue weighted by molar-refractivity contribution is 4.56. The van der Waals surface area contributed by atoms with Crippen molar-refractivity contribution in [1.82, 2.24) is 4.90 Å². The van der Waals surface area contributed by atoms with Crippen LogP contribution in [0.1, 0.15) is 6.42 Å². The molecule has 28 heavy (non-hydrogen) atoms. The van der Waals surface area contributed by atoms with E-state index in [0.29, 0.717) is 66.0 Å². The van der Waals surface area contributed by atoms with Crippen LogP contribution in [0.4, 0.5) is 0 Å². The molecule has 10 heteroatoms. The summed E-state index contributed by atoms with van der Waals surface area (Å²) < 4.78 is 36.3. The molecule has 0 atom stereocenters. The lowest BCUT2D eigenvalue weighted by atomic mass is 10.4. The van der Waals surface area contributed by atoms with Gasteiger partial charge in [0.1, 0.15) is 13.6 Å². The Morgan fingerprint density at radius 1 is 0.464 bits per heavy atom. The van der Waals surface area contributed by atoms with E-state index in [1.165, 1.54) is 0 Å². The van der Waals surface area contributed by atoms with Gasteiger partial charge in [-0.15, -0.1) is 0 Å². The fourth-order valence-corrected chi connectivity index (χ4v) is 1.91. The summed E-state index contributed by atoms with van der Waals surface area (Å²) in [5.74, 6) is 0. The van der Waals surface area contributed by atoms with Crippen molar-refractivity contribution in [2.45, 2.75) is 6.42 Å². The zero-order valence-corrected chi connectivity index (χ0v) is 17.7. The second-order valence-electron chi connectivity index (χ2n) is 5.69. The van der Waals surface area contributed by atoms with E-state index < -0.39 is 0 Å². The van der Waals surface area contributed by atoms with E-state index in [1.54, 1.807) is 21.3 Å². The zero-order valence-electron chi connectivity index (χ0n) is 17.7. The Morgan fingerprint density at radius 3 is 1.46 bits per heavy atom. The fraction of sp³-hybridized carbons (Fsp3) is 1.00. The highest BCUT2D eigenvalue weighted by Crippen LogP contribution is 1.93. The maximum absolute atomic E-state index is 5.47. The number of hydrogen-bond acceptors (Lipinski definition) is 10. The Balaban J connectivity index is 3.80. The van der Waals surface area contributed by atoms with E-state index in [9.17, 15) is 0 Å². The Labute approximate surface area is 169 Å². The van der Waals surface area contributed by atoms with Crippen LogP contribution in [0.3, 0.4) is 0 Å². The van der Waals surface area contributed by atoms with Crippen LogP contribution < -0.4 is 0 Å². The molecule has 0 fully saturated rings. The van der Waals surface area contributed by atoms with Gasteiger partial charge < -0.3 is 33.2 Å². The molecule has 0 rings (SSSR count). The quantitative estimate of drug-likeness (QED) is 0.0967. The van der Waals surface area contributed by atoms with Crippen LogP contribution in [-0.2, 0) is 42.9 Å². The number of methoxy groups -OCH3 is 3. The summed E-state index contributed by atoms with van der Waals surface area (Å²) in [7, 11) is 4.93. The predicted molar refractivity (Wildman–Crippen MR) is 102 cm³/mol. The molecule has 0 heterocycles. The third kappa shape index (κ3) is 21.9. The topological polar surface area (TPSA) is 86.3 Å². The summed E-state index contributed by atoms with van der Waals surface area (Å²) in [5, 5.41) is 0. The molecular formula is C18H39NO9. The van der Waals surface area contributed by atoms with Gasteiger partial charge in [-0.25, -0.2) is 9.78 Å². The predicted octanol–water partition coefficient (Wildman–Crippen LogP) is 0.547. The number of hydrogen-bond donors (Lipinski definition) is 0. The summed E-state index contributed by atoms with van der Waals surface area (Å²) in [6.45, 7) is 7.54. The van der Waals surface area contributed by atoms with Crippen molar-refractivity contribution in [2.24, 2.45) is 0 Å². The molecule has 0 radical (unpaired) electrons. The molecule has 0 amide bonds. The maximum atomic E-state index is 5.47. The second-order valence-corrected chi connectivity index (χ2v) is 5.69. The van der Waals surface area contributed by atoms with Gasteiger partial charge in [0.15, 0.2) is 0 Å². The molecule has 0 aromatic rings. The lowest BCUT2D eigenvalue weighted by Gasteiger charge is -2.21. The fourth-order valence-electron chi connectivity index (χ4n) is 1.91. The van der Waals surface area contributed by atoms with Crippen LogP contribution in [0.25, 0.3) is 0 Å². The lowest BCUT2D eigenvalue weighted by Crippen LogP contribution is -2.34. The van der Waals surface area contributed by atoms with Crippen molar-refractivity contribution < 1.29 is 42.9 Å². The van der Waals surface area contributed by atoms with E-state index in [2.05, 4.69) is 4.90 Å². The van der Waals surface area contributed by atoms with Crippen molar-refractivity contribution in [3.05, 3.63) is 0 Å². The van der Waals surface area contributed by atoms with Crippen molar-refractivity contribution >= 4 is 0 Å². The first-order valence-corrected chi connectivity index (χ1v) is 9.59. The molecule has 0 bridgehead atoms. The molecule has 0 spiro atoms. The summed E-state index contributed by atoms with van der Waals surface area (Å²) in [5.41, 5.74) is 0. The molecule has 0 saturated heterocycles. The molecule has 0 unspecified atom stereocenters. The van der Waals surface area contributed by atoms with Gasteiger partial charge in [0.05, 0.1) is 52.9 Å². The first kappa shape index (κ1) is 27.6. The first-order valence-electron chi connectivity index (χ1n) is 9.59. The minimum absolute atomic E-state index is 0.250. The summed E-state index contributed by atoms with van der Waals surface area (Å²) in [6, 6.07) is 0. The van der Waals surface area contributed by atoms with Gasteiger partial charge >= 0.3 is 0 Å². The second kappa shape index (κ2) is 24.6. The van der Waals surface area contributed by atoms with Crippen molar-refractivity contribution in [2.75, 3.05) is 114 Å². The van der Waals surface area contributed by atoms with Gasteiger partial charge in [-0.1, -0.05) is 0 Å². The summed E-state index contributed by atoms with van der Waals surface area (Å²) in [4.78, 5) is 12.5. The lowest BCUT2D eigenvalue weighted by molar-refractivity contribution is -0.296. The molecule has 0 aromatic heterocycles. The minimum Gasteiger partial charge on any atom is -0.385 e. The highest BCUT2D eigenvalue weighted by atomic mass is 17.2. The Morgan fingerprint density at radius 2 is 0.929 bits per heavy atom. The molecule has 0 N–H and O–H groups in total. The first-order chi connectivity index (χ1) is 13.8. The molecule has 10 nitrogen and oxygen atoms in total. The van der Waals surface area contributed by atoms with Crippen LogP contribution in [0.5, 0.6) is 0 Å². The minimum atomic E-state index is 0.250. The SMILES string of the molecule is COCCCOOCCN(CCOCOCCOC)CCOCOCCOC. The molecule has 0 aliphatic carbocycles. The van der Waals surface area contributed by atoms with Gasteiger partial charge in [0.2, 0.25) is 0 Å². The number of rotatable bonds is 24. The smallest absolute Gasteiger partial charge is 0.146 e. The largest absolute Gasteiger partial charge is 0.385 e. The van der Waals surface area contributed by atoms with Crippen LogP contribution >= 0.6 is 0 Å². The summed E-state index contributed by atoms with van der Waals surface area (Å²) >= 11 is 0. The van der Waals surface area contributed by atoms with E-state index in [-0.39, 0.29) is 13.6 Å². The van der Waals surface area contributed by atoms with Gasteiger partial charge in [0, 0.05) is 47.6 Å². The van der Waals surface area contributed by atoms with Crippen LogP contribution in [0.15, 0.2) is 0 Å². The Kier molecular flexibility index (Phi) is 24.3. The average Bonchev–Trinajstić information content (AvgIpc) is 2.71. The van der Waals surface area contributed by atoms with Crippen LogP contribution in [-0.4, -0.2) is 119 Å². The van der Waals surface area contributed by atoms with Crippen molar-refractivity contribution in [3.63, 3.8) is 0 Å². The van der Waals surface area contributed by atoms with Gasteiger partial charge in [-0.3, -0.25) is 4.90 Å². The molecule has 0 saturated carbocycles. The highest BCUT2D eigenvalue weighted by Gasteiger charge is 2.06. The van der Waals surface area contributed by atoms with E-state index in [0.717, 1.165) is 19.5 Å². The number of ether oxygens (including phenoxy) is 7. The van der Waals surface area contributed by atoms with Crippen LogP contribution in [0.2, 0.25) is 0 Å². The third-order valence-corrected chi connectivity index (χ3v) is 3.45. The van der Waals surface area contributed by atoms with E-state index in [4.69, 9.17) is 42.9 Å². The Hall–Kier alpha value is -0.400. The molecule has 0 aromatic carbocycles. The van der Waals surface area contributed by atoms with Crippen molar-refractivity contribution in [3.8, 4) is 0 Å². The van der Waals surface area contributed by atoms with Crippen molar-refractivity contribution in [1.29, 1.82) is 0 Å². The third-order valence-electron chi connectivity index (χ3n) is 3.45. The average molecular weight is 414 g/mol. The molecule has 0 aliphatic rings. The van der Waals surface area contributed by atoms with Crippen LogP contribution in [0, 0.1) is 0 Å². The molecule has 170 valence electrons. The standard InChI is InChI=1S/C18H39NO9/c1-20-8-4-9-27-28-12-7-19(5-10-23-17-25-15-13-21-2)6-11-24-18-26-16-14-22-3/h4-18H2,1-3H3.